The smallest absolute Gasteiger partial charge is 0.303 e. The van der Waals surface area contributed by atoms with Gasteiger partial charge in [-0.25, -0.2) is 0 Å². The highest BCUT2D eigenvalue weighted by atomic mass is 16.4. The van der Waals surface area contributed by atoms with Gasteiger partial charge in [0.15, 0.2) is 0 Å². The average molecular weight is 187 g/mol. The van der Waals surface area contributed by atoms with Crippen LogP contribution in [-0.4, -0.2) is 18.1 Å². The maximum absolute atomic E-state index is 9.98. The zero-order valence-electron chi connectivity index (χ0n) is 8.79. The molecule has 0 unspecified atom stereocenters. The lowest BCUT2D eigenvalue weighted by molar-refractivity contribution is -0.137. The molecule has 13 heavy (non-hydrogen) atoms. The van der Waals surface area contributed by atoms with Crippen LogP contribution in [0.3, 0.4) is 0 Å². The van der Waals surface area contributed by atoms with Gasteiger partial charge in [0.25, 0.3) is 0 Å². The van der Waals surface area contributed by atoms with Crippen LogP contribution in [0.4, 0.5) is 0 Å². The van der Waals surface area contributed by atoms with Crippen molar-refractivity contribution in [2.75, 3.05) is 7.05 Å². The number of carboxylic acids is 1. The molecular weight excluding hydrogens is 166 g/mol. The van der Waals surface area contributed by atoms with E-state index in [2.05, 4.69) is 32.4 Å². The van der Waals surface area contributed by atoms with Crippen molar-refractivity contribution >= 4 is 5.97 Å². The summed E-state index contributed by atoms with van der Waals surface area (Å²) in [6, 6.07) is 0. The van der Waals surface area contributed by atoms with Gasteiger partial charge in [-0.1, -0.05) is 20.3 Å². The Morgan fingerprint density at radius 2 is 1.77 bits per heavy atom. The van der Waals surface area contributed by atoms with E-state index >= 15 is 0 Å². The van der Waals surface area contributed by atoms with Crippen LogP contribution in [0, 0.1) is 18.8 Å². The van der Waals surface area contributed by atoms with Crippen molar-refractivity contribution < 1.29 is 9.90 Å². The van der Waals surface area contributed by atoms with Crippen LogP contribution in [0.2, 0.25) is 0 Å². The number of terminal acetylenes is 1. The molecule has 0 spiro atoms. The maximum atomic E-state index is 9.98. The van der Waals surface area contributed by atoms with Gasteiger partial charge in [0, 0.05) is 6.42 Å². The van der Waals surface area contributed by atoms with Gasteiger partial charge in [0.05, 0.1) is 0 Å². The van der Waals surface area contributed by atoms with Crippen LogP contribution in [0.25, 0.3) is 0 Å². The zero-order chi connectivity index (χ0) is 11.3. The van der Waals surface area contributed by atoms with E-state index in [9.17, 15) is 4.79 Å². The lowest BCUT2D eigenvalue weighted by Crippen LogP contribution is -1.95. The van der Waals surface area contributed by atoms with Crippen LogP contribution in [0.1, 0.15) is 33.1 Å². The van der Waals surface area contributed by atoms with Gasteiger partial charge < -0.3 is 10.8 Å². The van der Waals surface area contributed by atoms with Crippen molar-refractivity contribution in [2.45, 2.75) is 33.1 Å². The van der Waals surface area contributed by atoms with Crippen LogP contribution in [0.15, 0.2) is 0 Å². The van der Waals surface area contributed by atoms with Crippen molar-refractivity contribution in [3.63, 3.8) is 0 Å². The normalized spacial score (nSPS) is 7.62. The Kier molecular flexibility index (Phi) is 23.7. The Morgan fingerprint density at radius 3 is 2.00 bits per heavy atom. The maximum Gasteiger partial charge on any atom is 0.303 e. The molecule has 0 rings (SSSR count). The van der Waals surface area contributed by atoms with E-state index in [0.29, 0.717) is 12.3 Å². The molecule has 0 fully saturated rings. The molecule has 0 aliphatic carbocycles. The predicted molar refractivity (Wildman–Crippen MR) is 56.3 cm³/mol. The standard InChI is InChI=1S/C7H14O2.C2H2.CH5N/c1-6(2)4-3-5-7(8)9;2*1-2/h6H,3-5H2,1-2H3,(H,8,9);1-2H;2H2,1H3. The number of hydrogen-bond acceptors (Lipinski definition) is 2. The van der Waals surface area contributed by atoms with E-state index in [-0.39, 0.29) is 0 Å². The van der Waals surface area contributed by atoms with E-state index < -0.39 is 5.97 Å². The highest BCUT2D eigenvalue weighted by Gasteiger charge is 1.97. The second-order valence-corrected chi connectivity index (χ2v) is 2.68. The predicted octanol–water partition coefficient (Wildman–Crippen LogP) is 1.72. The van der Waals surface area contributed by atoms with E-state index in [1.54, 1.807) is 0 Å². The first kappa shape index (κ1) is 17.9. The van der Waals surface area contributed by atoms with E-state index in [1.165, 1.54) is 7.05 Å². The second kappa shape index (κ2) is 17.2. The minimum Gasteiger partial charge on any atom is -0.481 e. The molecule has 0 aliphatic heterocycles. The van der Waals surface area contributed by atoms with Crippen molar-refractivity contribution in [1.82, 2.24) is 0 Å². The molecule has 0 radical (unpaired) electrons. The number of rotatable bonds is 4. The van der Waals surface area contributed by atoms with Crippen molar-refractivity contribution in [3.05, 3.63) is 0 Å². The summed E-state index contributed by atoms with van der Waals surface area (Å²) in [4.78, 5) is 9.98. The SMILES string of the molecule is C#C.CC(C)CCCC(=O)O.CN. The van der Waals surface area contributed by atoms with Crippen LogP contribution < -0.4 is 5.73 Å². The Morgan fingerprint density at radius 1 is 1.38 bits per heavy atom. The fourth-order valence-electron chi connectivity index (χ4n) is 0.662. The molecule has 78 valence electrons. The summed E-state index contributed by atoms with van der Waals surface area (Å²) in [7, 11) is 1.50. The molecule has 3 nitrogen and oxygen atoms in total. The number of carbonyl (C=O) groups is 1. The van der Waals surface area contributed by atoms with Gasteiger partial charge in [-0.2, -0.15) is 0 Å². The molecule has 0 aromatic heterocycles. The highest BCUT2D eigenvalue weighted by Crippen LogP contribution is 2.05. The second-order valence-electron chi connectivity index (χ2n) is 2.68. The molecule has 0 heterocycles. The van der Waals surface area contributed by atoms with E-state index in [1.807, 2.05) is 0 Å². The third-order valence-corrected chi connectivity index (χ3v) is 1.17. The van der Waals surface area contributed by atoms with Gasteiger partial charge >= 0.3 is 5.97 Å². The molecular formula is C10H21NO2. The van der Waals surface area contributed by atoms with Gasteiger partial charge in [0.1, 0.15) is 0 Å². The Labute approximate surface area is 81.3 Å². The molecule has 0 saturated heterocycles. The summed E-state index contributed by atoms with van der Waals surface area (Å²) >= 11 is 0. The number of hydrogen-bond donors (Lipinski definition) is 2. The molecule has 3 heteroatoms. The van der Waals surface area contributed by atoms with Crippen molar-refractivity contribution in [2.24, 2.45) is 11.7 Å². The number of nitrogens with two attached hydrogens (primary N) is 1. The number of aliphatic carboxylic acids is 1. The van der Waals surface area contributed by atoms with Gasteiger partial charge in [-0.3, -0.25) is 4.79 Å². The average Bonchev–Trinajstić information content (AvgIpc) is 2.10. The zero-order valence-corrected chi connectivity index (χ0v) is 8.79. The quantitative estimate of drug-likeness (QED) is 0.659. The summed E-state index contributed by atoms with van der Waals surface area (Å²) in [5.74, 6) is -0.0556. The monoisotopic (exact) mass is 187 g/mol. The van der Waals surface area contributed by atoms with Crippen LogP contribution in [-0.2, 0) is 4.79 Å². The summed E-state index contributed by atoms with van der Waals surface area (Å²) in [5.41, 5.74) is 4.50. The first-order valence-electron chi connectivity index (χ1n) is 4.25. The van der Waals surface area contributed by atoms with E-state index in [4.69, 9.17) is 5.11 Å². The van der Waals surface area contributed by atoms with Crippen molar-refractivity contribution in [1.29, 1.82) is 0 Å². The van der Waals surface area contributed by atoms with Crippen molar-refractivity contribution in [3.8, 4) is 12.8 Å². The Hall–Kier alpha value is -1.01. The molecule has 0 aromatic rings. The lowest BCUT2D eigenvalue weighted by atomic mass is 10.1. The third kappa shape index (κ3) is 35.7. The van der Waals surface area contributed by atoms with Gasteiger partial charge in [-0.15, -0.1) is 12.8 Å². The fraction of sp³-hybridized carbons (Fsp3) is 0.700. The summed E-state index contributed by atoms with van der Waals surface area (Å²) in [6.07, 6.45) is 10.2. The Balaban J connectivity index is -0.000000218. The molecule has 0 saturated carbocycles. The topological polar surface area (TPSA) is 63.3 Å². The molecule has 0 aromatic carbocycles. The van der Waals surface area contributed by atoms with Crippen LogP contribution >= 0.6 is 0 Å². The summed E-state index contributed by atoms with van der Waals surface area (Å²) < 4.78 is 0. The largest absolute Gasteiger partial charge is 0.481 e. The molecule has 0 aliphatic rings. The summed E-state index contributed by atoms with van der Waals surface area (Å²) in [5, 5.41) is 8.23. The lowest BCUT2D eigenvalue weighted by Gasteiger charge is -1.99. The first-order chi connectivity index (χ1) is 6.13. The molecule has 0 bridgehead atoms. The Bertz CT molecular complexity index is 119. The molecule has 0 amide bonds. The highest BCUT2D eigenvalue weighted by molar-refractivity contribution is 5.66. The fourth-order valence-corrected chi connectivity index (χ4v) is 0.662. The van der Waals surface area contributed by atoms with Gasteiger partial charge in [-0.05, 0) is 19.4 Å². The molecule has 3 N–H and O–H groups in total. The van der Waals surface area contributed by atoms with Crippen LogP contribution in [0.5, 0.6) is 0 Å². The number of carboxylic acid groups (broad SMARTS) is 1. The van der Waals surface area contributed by atoms with E-state index in [0.717, 1.165) is 12.8 Å². The minimum absolute atomic E-state index is 0.318. The third-order valence-electron chi connectivity index (χ3n) is 1.17. The summed E-state index contributed by atoms with van der Waals surface area (Å²) in [6.45, 7) is 4.20. The first-order valence-corrected chi connectivity index (χ1v) is 4.25. The minimum atomic E-state index is -0.685. The van der Waals surface area contributed by atoms with Gasteiger partial charge in [0.2, 0.25) is 0 Å². The molecule has 0 atom stereocenters.